The lowest BCUT2D eigenvalue weighted by Crippen LogP contribution is -2.12. The molecule has 0 atom stereocenters. The number of thiazole rings is 1. The maximum absolute atomic E-state index is 12.4. The highest BCUT2D eigenvalue weighted by Crippen LogP contribution is 2.26. The molecule has 0 spiro atoms. The van der Waals surface area contributed by atoms with Crippen molar-refractivity contribution < 1.29 is 9.72 Å². The van der Waals surface area contributed by atoms with Crippen molar-refractivity contribution in [1.29, 1.82) is 0 Å². The first-order chi connectivity index (χ1) is 15.0. The zero-order valence-corrected chi connectivity index (χ0v) is 17.2. The summed E-state index contributed by atoms with van der Waals surface area (Å²) >= 11 is 1.43. The maximum Gasteiger partial charge on any atom is 0.269 e. The molecule has 0 bridgehead atoms. The summed E-state index contributed by atoms with van der Waals surface area (Å²) < 4.78 is 1.60. The van der Waals surface area contributed by atoms with Crippen molar-refractivity contribution in [2.75, 3.05) is 5.32 Å². The molecular formula is C22H17N5O3S. The van der Waals surface area contributed by atoms with E-state index in [9.17, 15) is 14.9 Å². The number of amides is 1. The van der Waals surface area contributed by atoms with Crippen molar-refractivity contribution in [2.45, 2.75) is 6.92 Å². The number of nitrogens with one attached hydrogen (secondary N) is 1. The van der Waals surface area contributed by atoms with E-state index in [1.807, 2.05) is 42.6 Å². The van der Waals surface area contributed by atoms with Crippen molar-refractivity contribution in [3.05, 3.63) is 93.5 Å². The molecule has 8 nitrogen and oxygen atoms in total. The van der Waals surface area contributed by atoms with Gasteiger partial charge in [-0.3, -0.25) is 14.9 Å². The molecule has 0 aliphatic heterocycles. The smallest absolute Gasteiger partial charge is 0.269 e. The molecule has 0 aliphatic rings. The van der Waals surface area contributed by atoms with Gasteiger partial charge in [0.25, 0.3) is 5.69 Å². The second-order valence-electron chi connectivity index (χ2n) is 6.64. The topological polar surface area (TPSA) is 103 Å². The number of non-ortho nitro benzene ring substituents is 1. The van der Waals surface area contributed by atoms with Crippen LogP contribution in [0.3, 0.4) is 0 Å². The van der Waals surface area contributed by atoms with Gasteiger partial charge in [0.05, 0.1) is 16.3 Å². The van der Waals surface area contributed by atoms with E-state index in [4.69, 9.17) is 0 Å². The molecule has 4 aromatic rings. The molecule has 31 heavy (non-hydrogen) atoms. The van der Waals surface area contributed by atoms with Gasteiger partial charge >= 0.3 is 0 Å². The van der Waals surface area contributed by atoms with Gasteiger partial charge in [-0.05, 0) is 30.7 Å². The molecule has 0 unspecified atom stereocenters. The predicted molar refractivity (Wildman–Crippen MR) is 120 cm³/mol. The maximum atomic E-state index is 12.4. The van der Waals surface area contributed by atoms with Crippen LogP contribution in [-0.2, 0) is 4.79 Å². The van der Waals surface area contributed by atoms with Crippen LogP contribution in [0.15, 0.2) is 72.1 Å². The fraction of sp³-hybridized carbons (Fsp3) is 0.0455. The number of aryl methyl sites for hydroxylation is 1. The van der Waals surface area contributed by atoms with E-state index in [1.54, 1.807) is 29.0 Å². The summed E-state index contributed by atoms with van der Waals surface area (Å²) in [5.74, 6) is 0.157. The van der Waals surface area contributed by atoms with Gasteiger partial charge < -0.3 is 5.32 Å². The highest BCUT2D eigenvalue weighted by Gasteiger charge is 2.13. The van der Waals surface area contributed by atoms with Crippen LogP contribution in [-0.4, -0.2) is 25.6 Å². The number of rotatable bonds is 6. The minimum atomic E-state index is -0.467. The molecule has 2 aromatic heterocycles. The predicted octanol–water partition coefficient (Wildman–Crippen LogP) is 4.86. The number of nitro benzene ring substituents is 1. The largest absolute Gasteiger partial charge is 0.307 e. The number of nitrogens with zero attached hydrogens (tertiary/aromatic N) is 4. The Labute approximate surface area is 181 Å². The molecule has 1 amide bonds. The molecule has 2 aromatic carbocycles. The lowest BCUT2D eigenvalue weighted by Gasteiger charge is -2.04. The van der Waals surface area contributed by atoms with Gasteiger partial charge in [0.1, 0.15) is 5.82 Å². The van der Waals surface area contributed by atoms with Crippen LogP contribution >= 0.6 is 11.3 Å². The summed E-state index contributed by atoms with van der Waals surface area (Å²) in [5, 5.41) is 20.6. The first-order valence-electron chi connectivity index (χ1n) is 9.31. The summed E-state index contributed by atoms with van der Waals surface area (Å²) in [4.78, 5) is 27.3. The van der Waals surface area contributed by atoms with Gasteiger partial charge in [-0.25, -0.2) is 4.98 Å². The number of anilines is 1. The highest BCUT2D eigenvalue weighted by atomic mass is 32.1. The van der Waals surface area contributed by atoms with Crippen LogP contribution in [0.1, 0.15) is 11.3 Å². The zero-order chi connectivity index (χ0) is 21.8. The SMILES string of the molecule is Cc1cc(NC(=O)/C=C/c2ccc([N+](=O)[O-])cc2)n(-c2nc(-c3ccccc3)cs2)n1. The van der Waals surface area contributed by atoms with Crippen molar-refractivity contribution in [2.24, 2.45) is 0 Å². The quantitative estimate of drug-likeness (QED) is 0.267. The van der Waals surface area contributed by atoms with Crippen molar-refractivity contribution in [3.63, 3.8) is 0 Å². The fourth-order valence-corrected chi connectivity index (χ4v) is 3.68. The molecule has 9 heteroatoms. The van der Waals surface area contributed by atoms with E-state index in [0.29, 0.717) is 16.5 Å². The number of aromatic nitrogens is 3. The van der Waals surface area contributed by atoms with Crippen molar-refractivity contribution in [1.82, 2.24) is 14.8 Å². The molecule has 0 fully saturated rings. The first kappa shape index (κ1) is 20.2. The Hall–Kier alpha value is -4.11. The van der Waals surface area contributed by atoms with Crippen LogP contribution in [0.2, 0.25) is 0 Å². The van der Waals surface area contributed by atoms with E-state index in [2.05, 4.69) is 15.4 Å². The van der Waals surface area contributed by atoms with Crippen LogP contribution < -0.4 is 5.32 Å². The average molecular weight is 431 g/mol. The van der Waals surface area contributed by atoms with E-state index < -0.39 is 4.92 Å². The van der Waals surface area contributed by atoms with Crippen LogP contribution in [0, 0.1) is 17.0 Å². The lowest BCUT2D eigenvalue weighted by atomic mass is 10.2. The Balaban J connectivity index is 1.50. The number of hydrogen-bond donors (Lipinski definition) is 1. The molecule has 0 saturated carbocycles. The summed E-state index contributed by atoms with van der Waals surface area (Å²) in [5.41, 5.74) is 3.26. The van der Waals surface area contributed by atoms with E-state index in [1.165, 1.54) is 29.5 Å². The van der Waals surface area contributed by atoms with Crippen LogP contribution in [0.5, 0.6) is 0 Å². The molecular weight excluding hydrogens is 414 g/mol. The summed E-state index contributed by atoms with van der Waals surface area (Å²) in [6, 6.07) is 17.5. The Morgan fingerprint density at radius 3 is 2.61 bits per heavy atom. The second kappa shape index (κ2) is 8.72. The van der Waals surface area contributed by atoms with E-state index in [-0.39, 0.29) is 11.6 Å². The number of hydrogen-bond acceptors (Lipinski definition) is 6. The summed E-state index contributed by atoms with van der Waals surface area (Å²) in [6.07, 6.45) is 2.95. The van der Waals surface area contributed by atoms with Crippen LogP contribution in [0.4, 0.5) is 11.5 Å². The minimum Gasteiger partial charge on any atom is -0.307 e. The molecule has 2 heterocycles. The standard InChI is InChI=1S/C22H17N5O3S/c1-15-13-20(24-21(28)12-9-16-7-10-18(11-8-16)27(29)30)26(25-15)22-23-19(14-31-22)17-5-3-2-4-6-17/h2-14H,1H3,(H,24,28)/b12-9+. The molecule has 0 aliphatic carbocycles. The number of carbonyl (C=O) groups is 1. The van der Waals surface area contributed by atoms with Gasteiger partial charge in [0, 0.05) is 35.2 Å². The van der Waals surface area contributed by atoms with E-state index >= 15 is 0 Å². The van der Waals surface area contributed by atoms with Crippen molar-refractivity contribution in [3.8, 4) is 16.4 Å². The molecule has 4 rings (SSSR count). The van der Waals surface area contributed by atoms with Gasteiger partial charge in [-0.2, -0.15) is 9.78 Å². The molecule has 154 valence electrons. The van der Waals surface area contributed by atoms with Gasteiger partial charge in [-0.15, -0.1) is 11.3 Å². The van der Waals surface area contributed by atoms with Crippen LogP contribution in [0.25, 0.3) is 22.5 Å². The minimum absolute atomic E-state index is 0.000650. The second-order valence-corrected chi connectivity index (χ2v) is 7.47. The third kappa shape index (κ3) is 4.73. The molecule has 0 radical (unpaired) electrons. The average Bonchev–Trinajstić information content (AvgIpc) is 3.40. The zero-order valence-electron chi connectivity index (χ0n) is 16.4. The highest BCUT2D eigenvalue weighted by molar-refractivity contribution is 7.12. The normalized spacial score (nSPS) is 11.0. The Morgan fingerprint density at radius 2 is 1.90 bits per heavy atom. The molecule has 0 saturated heterocycles. The Morgan fingerprint density at radius 1 is 1.16 bits per heavy atom. The van der Waals surface area contributed by atoms with Gasteiger partial charge in [0.15, 0.2) is 0 Å². The fourth-order valence-electron chi connectivity index (χ4n) is 2.88. The van der Waals surface area contributed by atoms with Gasteiger partial charge in [-0.1, -0.05) is 30.3 Å². The monoisotopic (exact) mass is 431 g/mol. The molecule has 1 N–H and O–H groups in total. The summed E-state index contributed by atoms with van der Waals surface area (Å²) in [6.45, 7) is 1.84. The van der Waals surface area contributed by atoms with Crippen molar-refractivity contribution >= 4 is 34.8 Å². The lowest BCUT2D eigenvalue weighted by molar-refractivity contribution is -0.384. The third-order valence-corrected chi connectivity index (χ3v) is 5.17. The summed E-state index contributed by atoms with van der Waals surface area (Å²) in [7, 11) is 0. The Bertz CT molecular complexity index is 1260. The van der Waals surface area contributed by atoms with Gasteiger partial charge in [0.2, 0.25) is 11.0 Å². The number of nitro groups is 1. The number of carbonyl (C=O) groups excluding carboxylic acids is 1. The first-order valence-corrected chi connectivity index (χ1v) is 10.2. The number of benzene rings is 2. The van der Waals surface area contributed by atoms with E-state index in [0.717, 1.165) is 17.0 Å². The Kier molecular flexibility index (Phi) is 5.67. The third-order valence-electron chi connectivity index (χ3n) is 4.36.